The molecule has 0 aliphatic rings. The monoisotopic (exact) mass is 181 g/mol. The van der Waals surface area contributed by atoms with Crippen molar-refractivity contribution >= 4 is 18.4 Å². The number of hydrogen-bond acceptors (Lipinski definition) is 4. The predicted molar refractivity (Wildman–Crippen MR) is 46.9 cm³/mol. The van der Waals surface area contributed by atoms with Crippen LogP contribution < -0.4 is 10.9 Å². The Balaban J connectivity index is 3.36. The molecule has 0 unspecified atom stereocenters. The Kier molecular flexibility index (Phi) is 2.65. The first-order valence-electron chi connectivity index (χ1n) is 3.62. The highest BCUT2D eigenvalue weighted by Crippen LogP contribution is 1.87. The van der Waals surface area contributed by atoms with Gasteiger partial charge in [-0.25, -0.2) is 0 Å². The van der Waals surface area contributed by atoms with Crippen molar-refractivity contribution in [3.63, 3.8) is 0 Å². The molecule has 0 saturated carbocycles. The minimum absolute atomic E-state index is 0.0781. The number of Topliss-reactive ketones (excluding diaryl/α,β-unsaturated/α-hetero) is 1. The molecule has 13 heavy (non-hydrogen) atoms. The summed E-state index contributed by atoms with van der Waals surface area (Å²) in [5.74, 6) is -0.413. The van der Waals surface area contributed by atoms with Crippen molar-refractivity contribution in [2.75, 3.05) is 0 Å². The van der Waals surface area contributed by atoms with Gasteiger partial charge in [-0.3, -0.25) is 9.59 Å². The lowest BCUT2D eigenvalue weighted by atomic mass is 9.80. The van der Waals surface area contributed by atoms with E-state index < -0.39 is 18.3 Å². The number of ketones is 1. The van der Waals surface area contributed by atoms with Crippen molar-refractivity contribution in [1.29, 1.82) is 0 Å². The zero-order valence-corrected chi connectivity index (χ0v) is 6.94. The lowest BCUT2D eigenvalue weighted by molar-refractivity contribution is 0.101. The van der Waals surface area contributed by atoms with E-state index in [2.05, 4.69) is 4.98 Å². The quantitative estimate of drug-likeness (QED) is 0.373. The minimum Gasteiger partial charge on any atom is -0.423 e. The van der Waals surface area contributed by atoms with Gasteiger partial charge in [-0.05, 0) is 6.92 Å². The Morgan fingerprint density at radius 2 is 2.08 bits per heavy atom. The van der Waals surface area contributed by atoms with E-state index in [4.69, 9.17) is 10.0 Å². The van der Waals surface area contributed by atoms with E-state index >= 15 is 0 Å². The second-order valence-corrected chi connectivity index (χ2v) is 2.58. The molecule has 0 spiro atoms. The Bertz CT molecular complexity index is 384. The second kappa shape index (κ2) is 3.55. The highest BCUT2D eigenvalue weighted by Gasteiger charge is 2.18. The standard InChI is InChI=1S/C7H8BNO4/c1-4(10)5-2-9-3-6(7(5)11)8(12)13/h2-3,12-13H,1H3,(H,9,11). The summed E-state index contributed by atoms with van der Waals surface area (Å²) in [4.78, 5) is 24.6. The highest BCUT2D eigenvalue weighted by molar-refractivity contribution is 6.58. The van der Waals surface area contributed by atoms with Gasteiger partial charge in [-0.15, -0.1) is 0 Å². The molecule has 0 saturated heterocycles. The lowest BCUT2D eigenvalue weighted by Gasteiger charge is -1.99. The molecular formula is C7H8BNO4. The fourth-order valence-corrected chi connectivity index (χ4v) is 0.955. The van der Waals surface area contributed by atoms with Crippen molar-refractivity contribution in [2.45, 2.75) is 6.92 Å². The average molecular weight is 181 g/mol. The number of pyridine rings is 1. The van der Waals surface area contributed by atoms with Gasteiger partial charge in [-0.1, -0.05) is 0 Å². The molecule has 1 aromatic rings. The van der Waals surface area contributed by atoms with Crippen molar-refractivity contribution < 1.29 is 14.8 Å². The van der Waals surface area contributed by atoms with E-state index in [9.17, 15) is 9.59 Å². The van der Waals surface area contributed by atoms with Gasteiger partial charge in [0.1, 0.15) is 0 Å². The summed E-state index contributed by atoms with van der Waals surface area (Å²) in [5.41, 5.74) is -0.959. The van der Waals surface area contributed by atoms with Crippen LogP contribution in [0.2, 0.25) is 0 Å². The van der Waals surface area contributed by atoms with Crippen LogP contribution in [-0.4, -0.2) is 27.9 Å². The molecule has 0 atom stereocenters. The number of aromatic amines is 1. The van der Waals surface area contributed by atoms with Gasteiger partial charge in [0.2, 0.25) is 0 Å². The molecule has 1 rings (SSSR count). The van der Waals surface area contributed by atoms with Gasteiger partial charge in [0, 0.05) is 17.9 Å². The number of carbonyl (C=O) groups excluding carboxylic acids is 1. The first kappa shape index (κ1) is 9.69. The molecule has 0 aromatic carbocycles. The van der Waals surface area contributed by atoms with Crippen LogP contribution in [0, 0.1) is 0 Å². The molecule has 0 aliphatic heterocycles. The van der Waals surface area contributed by atoms with Crippen molar-refractivity contribution in [3.05, 3.63) is 28.2 Å². The Morgan fingerprint density at radius 1 is 1.46 bits per heavy atom. The van der Waals surface area contributed by atoms with E-state index in [1.165, 1.54) is 13.1 Å². The third-order valence-electron chi connectivity index (χ3n) is 1.63. The molecular weight excluding hydrogens is 173 g/mol. The van der Waals surface area contributed by atoms with E-state index in [1.807, 2.05) is 0 Å². The number of hydrogen-bond donors (Lipinski definition) is 3. The Labute approximate surface area is 74.2 Å². The number of rotatable bonds is 2. The summed E-state index contributed by atoms with van der Waals surface area (Å²) in [6.45, 7) is 1.23. The van der Waals surface area contributed by atoms with Crippen molar-refractivity contribution in [3.8, 4) is 0 Å². The van der Waals surface area contributed by atoms with Crippen LogP contribution in [0.25, 0.3) is 0 Å². The smallest absolute Gasteiger partial charge is 0.423 e. The molecule has 0 bridgehead atoms. The maximum Gasteiger partial charge on any atom is 0.493 e. The summed E-state index contributed by atoms with van der Waals surface area (Å²) in [5, 5.41) is 17.5. The maximum absolute atomic E-state index is 11.3. The molecule has 1 aromatic heterocycles. The molecule has 68 valence electrons. The van der Waals surface area contributed by atoms with Crippen LogP contribution in [0.5, 0.6) is 0 Å². The molecule has 0 amide bonds. The van der Waals surface area contributed by atoms with Crippen LogP contribution in [0.4, 0.5) is 0 Å². The SMILES string of the molecule is CC(=O)c1c[nH]cc(B(O)O)c1=O. The van der Waals surface area contributed by atoms with Crippen LogP contribution in [0.15, 0.2) is 17.2 Å². The molecule has 1 heterocycles. The fraction of sp³-hybridized carbons (Fsp3) is 0.143. The molecule has 0 fully saturated rings. The molecule has 6 heteroatoms. The van der Waals surface area contributed by atoms with Gasteiger partial charge < -0.3 is 15.0 Å². The third-order valence-corrected chi connectivity index (χ3v) is 1.63. The molecule has 0 radical (unpaired) electrons. The first-order valence-corrected chi connectivity index (χ1v) is 3.62. The molecule has 0 aliphatic carbocycles. The summed E-state index contributed by atoms with van der Waals surface area (Å²) < 4.78 is 0. The van der Waals surface area contributed by atoms with E-state index in [-0.39, 0.29) is 11.0 Å². The van der Waals surface area contributed by atoms with Crippen molar-refractivity contribution in [1.82, 2.24) is 4.98 Å². The van der Waals surface area contributed by atoms with Gasteiger partial charge in [-0.2, -0.15) is 0 Å². The predicted octanol–water partition coefficient (Wildman–Crippen LogP) is -1.74. The van der Waals surface area contributed by atoms with Gasteiger partial charge >= 0.3 is 7.12 Å². The van der Waals surface area contributed by atoms with Crippen LogP contribution in [-0.2, 0) is 0 Å². The molecule has 5 nitrogen and oxygen atoms in total. The van der Waals surface area contributed by atoms with Gasteiger partial charge in [0.05, 0.1) is 5.56 Å². The van der Waals surface area contributed by atoms with Crippen LogP contribution >= 0.6 is 0 Å². The summed E-state index contributed by atoms with van der Waals surface area (Å²) in [7, 11) is -1.86. The van der Waals surface area contributed by atoms with Crippen molar-refractivity contribution in [2.24, 2.45) is 0 Å². The average Bonchev–Trinajstić information content (AvgIpc) is 2.03. The summed E-state index contributed by atoms with van der Waals surface area (Å²) in [6.07, 6.45) is 2.38. The lowest BCUT2D eigenvalue weighted by Crippen LogP contribution is -2.43. The van der Waals surface area contributed by atoms with Gasteiger partial charge in [0.25, 0.3) is 0 Å². The number of aromatic nitrogens is 1. The highest BCUT2D eigenvalue weighted by atomic mass is 16.4. The Morgan fingerprint density at radius 3 is 2.54 bits per heavy atom. The maximum atomic E-state index is 11.3. The summed E-state index contributed by atoms with van der Waals surface area (Å²) >= 11 is 0. The number of H-pyrrole nitrogens is 1. The minimum atomic E-state index is -1.86. The largest absolute Gasteiger partial charge is 0.493 e. The molecule has 3 N–H and O–H groups in total. The van der Waals surface area contributed by atoms with Crippen LogP contribution in [0.1, 0.15) is 17.3 Å². The first-order chi connectivity index (χ1) is 6.04. The van der Waals surface area contributed by atoms with E-state index in [0.29, 0.717) is 0 Å². The second-order valence-electron chi connectivity index (χ2n) is 2.58. The fourth-order valence-electron chi connectivity index (χ4n) is 0.955. The zero-order valence-electron chi connectivity index (χ0n) is 6.94. The number of carbonyl (C=O) groups is 1. The normalized spacial score (nSPS) is 9.77. The topological polar surface area (TPSA) is 90.4 Å². The number of nitrogens with one attached hydrogen (secondary N) is 1. The van der Waals surface area contributed by atoms with E-state index in [1.54, 1.807) is 0 Å². The summed E-state index contributed by atoms with van der Waals surface area (Å²) in [6, 6.07) is 0. The third kappa shape index (κ3) is 1.85. The Hall–Kier alpha value is -1.40. The van der Waals surface area contributed by atoms with Crippen LogP contribution in [0.3, 0.4) is 0 Å². The zero-order chi connectivity index (χ0) is 10.0. The van der Waals surface area contributed by atoms with Gasteiger partial charge in [0.15, 0.2) is 11.2 Å². The van der Waals surface area contributed by atoms with E-state index in [0.717, 1.165) is 6.20 Å².